The van der Waals surface area contributed by atoms with E-state index in [-0.39, 0.29) is 30.3 Å². The van der Waals surface area contributed by atoms with Crippen molar-refractivity contribution in [2.75, 3.05) is 13.1 Å². The zero-order valence-electron chi connectivity index (χ0n) is 12.3. The van der Waals surface area contributed by atoms with Gasteiger partial charge in [0, 0.05) is 30.9 Å². The molecule has 23 heavy (non-hydrogen) atoms. The molecule has 2 aromatic rings. The largest absolute Gasteiger partial charge is 0.389 e. The quantitative estimate of drug-likeness (QED) is 0.893. The van der Waals surface area contributed by atoms with E-state index in [1.165, 1.54) is 12.1 Å². The summed E-state index contributed by atoms with van der Waals surface area (Å²) in [4.78, 5) is 14.4. The van der Waals surface area contributed by atoms with Crippen molar-refractivity contribution < 1.29 is 13.2 Å². The Balaban J connectivity index is 0.00000192. The number of nitrogens with zero attached hydrogens (tertiary/aromatic N) is 2. The molecular formula is C14H18ClF3N4O. The van der Waals surface area contributed by atoms with E-state index in [0.29, 0.717) is 11.3 Å². The zero-order chi connectivity index (χ0) is 15.7. The number of fused-ring (bicyclic) bond motifs is 1. The van der Waals surface area contributed by atoms with Crippen LogP contribution in [-0.4, -0.2) is 33.9 Å². The summed E-state index contributed by atoms with van der Waals surface area (Å²) in [6, 6.07) is 3.03. The molecule has 2 aromatic heterocycles. The van der Waals surface area contributed by atoms with E-state index >= 15 is 0 Å². The average Bonchev–Trinajstić information content (AvgIpc) is 2.87. The minimum Gasteiger partial charge on any atom is -0.317 e. The number of rotatable bonds is 3. The molecule has 0 atom stereocenters. The van der Waals surface area contributed by atoms with Gasteiger partial charge in [0.05, 0.1) is 11.4 Å². The Kier molecular flexibility index (Phi) is 5.36. The summed E-state index contributed by atoms with van der Waals surface area (Å²) in [6.07, 6.45) is -3.53. The van der Waals surface area contributed by atoms with Crippen LogP contribution in [0.25, 0.3) is 5.65 Å². The third-order valence-electron chi connectivity index (χ3n) is 3.96. The number of hydrogen-bond donors (Lipinski definition) is 2. The van der Waals surface area contributed by atoms with Crippen LogP contribution in [0.2, 0.25) is 0 Å². The van der Waals surface area contributed by atoms with E-state index in [9.17, 15) is 18.0 Å². The first-order chi connectivity index (χ1) is 10.4. The van der Waals surface area contributed by atoms with Gasteiger partial charge in [-0.1, -0.05) is 0 Å². The Hall–Kier alpha value is -1.54. The van der Waals surface area contributed by atoms with Gasteiger partial charge in [0.25, 0.3) is 5.56 Å². The van der Waals surface area contributed by atoms with Crippen molar-refractivity contribution in [3.05, 3.63) is 33.9 Å². The summed E-state index contributed by atoms with van der Waals surface area (Å²) in [5.74, 6) is 0.196. The highest BCUT2D eigenvalue weighted by atomic mass is 35.5. The second kappa shape index (κ2) is 6.92. The third-order valence-corrected chi connectivity index (χ3v) is 3.96. The van der Waals surface area contributed by atoms with Crippen LogP contribution in [0, 0.1) is 0 Å². The van der Waals surface area contributed by atoms with Crippen molar-refractivity contribution in [1.29, 1.82) is 0 Å². The van der Waals surface area contributed by atoms with Crippen molar-refractivity contribution in [2.45, 2.75) is 37.8 Å². The molecule has 0 bridgehead atoms. The molecule has 0 unspecified atom stereocenters. The van der Waals surface area contributed by atoms with Crippen molar-refractivity contribution in [3.8, 4) is 0 Å². The van der Waals surface area contributed by atoms with E-state index in [2.05, 4.69) is 15.4 Å². The lowest BCUT2D eigenvalue weighted by atomic mass is 9.94. The first-order valence-corrected chi connectivity index (χ1v) is 7.32. The molecule has 1 aliphatic heterocycles. The standard InChI is InChI=1S/C14H17F3N4O.ClH/c15-14(16,17)4-1-10-7-12-19-13(22)8-11(21(12)20-10)9-2-5-18-6-3-9;/h7-9,18H,1-6H2,(H,19,22);1H. The van der Waals surface area contributed by atoms with Crippen molar-refractivity contribution in [2.24, 2.45) is 0 Å². The second-order valence-corrected chi connectivity index (χ2v) is 5.63. The first kappa shape index (κ1) is 17.8. The molecule has 1 fully saturated rings. The fourth-order valence-electron chi connectivity index (χ4n) is 2.87. The number of halogens is 4. The van der Waals surface area contributed by atoms with E-state index in [1.807, 2.05) is 0 Å². The van der Waals surface area contributed by atoms with E-state index in [4.69, 9.17) is 0 Å². The highest BCUT2D eigenvalue weighted by Gasteiger charge is 2.27. The molecule has 0 aromatic carbocycles. The topological polar surface area (TPSA) is 62.2 Å². The lowest BCUT2D eigenvalue weighted by Crippen LogP contribution is -2.28. The van der Waals surface area contributed by atoms with Crippen LogP contribution in [0.1, 0.15) is 36.6 Å². The molecule has 9 heteroatoms. The molecule has 0 radical (unpaired) electrons. The summed E-state index contributed by atoms with van der Waals surface area (Å²) < 4.78 is 38.6. The lowest BCUT2D eigenvalue weighted by molar-refractivity contribution is -0.134. The van der Waals surface area contributed by atoms with E-state index < -0.39 is 12.6 Å². The Morgan fingerprint density at radius 2 is 1.96 bits per heavy atom. The van der Waals surface area contributed by atoms with Gasteiger partial charge < -0.3 is 10.3 Å². The summed E-state index contributed by atoms with van der Waals surface area (Å²) in [7, 11) is 0. The molecule has 0 aliphatic carbocycles. The van der Waals surface area contributed by atoms with Crippen LogP contribution in [0.5, 0.6) is 0 Å². The maximum absolute atomic E-state index is 12.3. The molecular weight excluding hydrogens is 333 g/mol. The maximum Gasteiger partial charge on any atom is 0.389 e. The summed E-state index contributed by atoms with van der Waals surface area (Å²) >= 11 is 0. The predicted molar refractivity (Wildman–Crippen MR) is 82.3 cm³/mol. The molecule has 1 saturated heterocycles. The van der Waals surface area contributed by atoms with Gasteiger partial charge >= 0.3 is 6.18 Å². The normalized spacial score (nSPS) is 16.5. The number of hydrogen-bond acceptors (Lipinski definition) is 3. The Morgan fingerprint density at radius 1 is 1.26 bits per heavy atom. The zero-order valence-corrected chi connectivity index (χ0v) is 13.1. The highest BCUT2D eigenvalue weighted by Crippen LogP contribution is 2.25. The minimum absolute atomic E-state index is 0. The molecule has 1 aliphatic rings. The first-order valence-electron chi connectivity index (χ1n) is 7.32. The molecule has 0 spiro atoms. The molecule has 128 valence electrons. The Bertz CT molecular complexity index is 719. The summed E-state index contributed by atoms with van der Waals surface area (Å²) in [5.41, 5.74) is 1.33. The number of aryl methyl sites for hydroxylation is 1. The SMILES string of the molecule is Cl.O=c1cc(C2CCNCC2)n2nc(CCC(F)(F)F)cc2[nH]1. The fraction of sp³-hybridized carbons (Fsp3) is 0.571. The molecule has 0 amide bonds. The number of aromatic nitrogens is 3. The van der Waals surface area contributed by atoms with Crippen molar-refractivity contribution in [3.63, 3.8) is 0 Å². The molecule has 2 N–H and O–H groups in total. The van der Waals surface area contributed by atoms with Crippen LogP contribution in [0.15, 0.2) is 16.9 Å². The average molecular weight is 351 g/mol. The van der Waals surface area contributed by atoms with Gasteiger partial charge in [0.2, 0.25) is 0 Å². The van der Waals surface area contributed by atoms with Gasteiger partial charge in [0.15, 0.2) is 0 Å². The fourth-order valence-corrected chi connectivity index (χ4v) is 2.87. The Morgan fingerprint density at radius 3 is 2.61 bits per heavy atom. The maximum atomic E-state index is 12.3. The van der Waals surface area contributed by atoms with Crippen molar-refractivity contribution in [1.82, 2.24) is 19.9 Å². The van der Waals surface area contributed by atoms with Crippen LogP contribution in [0.4, 0.5) is 13.2 Å². The van der Waals surface area contributed by atoms with Gasteiger partial charge in [-0.15, -0.1) is 12.4 Å². The van der Waals surface area contributed by atoms with Gasteiger partial charge in [-0.3, -0.25) is 4.79 Å². The number of aromatic amines is 1. The minimum atomic E-state index is -4.21. The Labute approximate surface area is 136 Å². The highest BCUT2D eigenvalue weighted by molar-refractivity contribution is 5.85. The van der Waals surface area contributed by atoms with E-state index in [1.54, 1.807) is 4.52 Å². The number of piperidine rings is 1. The molecule has 3 heterocycles. The van der Waals surface area contributed by atoms with Gasteiger partial charge in [-0.2, -0.15) is 18.3 Å². The summed E-state index contributed by atoms with van der Waals surface area (Å²) in [5, 5.41) is 7.51. The molecule has 0 saturated carbocycles. The number of alkyl halides is 3. The van der Waals surface area contributed by atoms with Crippen molar-refractivity contribution >= 4 is 18.1 Å². The number of nitrogens with one attached hydrogen (secondary N) is 2. The predicted octanol–water partition coefficient (Wildman–Crippen LogP) is 2.41. The van der Waals surface area contributed by atoms with Gasteiger partial charge in [-0.25, -0.2) is 4.52 Å². The van der Waals surface area contributed by atoms with Crippen LogP contribution in [0.3, 0.4) is 0 Å². The smallest absolute Gasteiger partial charge is 0.317 e. The number of H-pyrrole nitrogens is 1. The molecule has 3 rings (SSSR count). The van der Waals surface area contributed by atoms with E-state index in [0.717, 1.165) is 31.6 Å². The third kappa shape index (κ3) is 4.26. The molecule has 5 nitrogen and oxygen atoms in total. The van der Waals surface area contributed by atoms with Gasteiger partial charge in [-0.05, 0) is 25.9 Å². The van der Waals surface area contributed by atoms with Gasteiger partial charge in [0.1, 0.15) is 5.65 Å². The summed E-state index contributed by atoms with van der Waals surface area (Å²) in [6.45, 7) is 1.72. The second-order valence-electron chi connectivity index (χ2n) is 5.63. The lowest BCUT2D eigenvalue weighted by Gasteiger charge is -2.23. The van der Waals surface area contributed by atoms with Crippen LogP contribution in [-0.2, 0) is 6.42 Å². The van der Waals surface area contributed by atoms with Crippen LogP contribution >= 0.6 is 12.4 Å². The van der Waals surface area contributed by atoms with Crippen LogP contribution < -0.4 is 10.9 Å². The monoisotopic (exact) mass is 350 g/mol.